The maximum absolute atomic E-state index is 12.6. The molecule has 0 fully saturated rings. The Hall–Kier alpha value is -1.86. The van der Waals surface area contributed by atoms with Gasteiger partial charge in [0.2, 0.25) is 0 Å². The average Bonchev–Trinajstić information content (AvgIpc) is 2.53. The third-order valence-electron chi connectivity index (χ3n) is 2.92. The number of ether oxygens (including phenoxy) is 2. The first kappa shape index (κ1) is 18.5. The van der Waals surface area contributed by atoms with Crippen LogP contribution in [-0.4, -0.2) is 19.4 Å². The predicted molar refractivity (Wildman–Crippen MR) is 85.5 cm³/mol. The van der Waals surface area contributed by atoms with Gasteiger partial charge >= 0.3 is 12.3 Å². The van der Waals surface area contributed by atoms with E-state index >= 15 is 0 Å². The van der Waals surface area contributed by atoms with Crippen LogP contribution in [0.2, 0.25) is 5.02 Å². The zero-order chi connectivity index (χ0) is 17.7. The van der Waals surface area contributed by atoms with E-state index in [1.165, 1.54) is 0 Å². The van der Waals surface area contributed by atoms with Crippen molar-refractivity contribution in [1.29, 1.82) is 0 Å². The molecule has 0 atom stereocenters. The van der Waals surface area contributed by atoms with Crippen molar-refractivity contribution in [2.24, 2.45) is 0 Å². The largest absolute Gasteiger partial charge is 0.573 e. The standard InChI is InChI=1S/C16H12ClF3O3S/c1-22-15(21)11-7-8-12(23-16(18,19)20)14(13(11)17)24-9-10-5-3-2-4-6-10/h2-8H,9H2,1H3. The topological polar surface area (TPSA) is 35.5 Å². The number of benzene rings is 2. The average molecular weight is 377 g/mol. The highest BCUT2D eigenvalue weighted by molar-refractivity contribution is 7.98. The summed E-state index contributed by atoms with van der Waals surface area (Å²) in [4.78, 5) is 11.7. The SMILES string of the molecule is COC(=O)c1ccc(OC(F)(F)F)c(SCc2ccccc2)c1Cl. The smallest absolute Gasteiger partial charge is 0.465 e. The zero-order valence-electron chi connectivity index (χ0n) is 12.4. The molecule has 0 aliphatic rings. The van der Waals surface area contributed by atoms with Crippen LogP contribution in [0.5, 0.6) is 5.75 Å². The van der Waals surface area contributed by atoms with E-state index in [0.29, 0.717) is 5.75 Å². The summed E-state index contributed by atoms with van der Waals surface area (Å²) in [5.41, 5.74) is 0.865. The van der Waals surface area contributed by atoms with Crippen molar-refractivity contribution in [3.8, 4) is 5.75 Å². The second-order valence-electron chi connectivity index (χ2n) is 4.57. The monoisotopic (exact) mass is 376 g/mol. The predicted octanol–water partition coefficient (Wildman–Crippen LogP) is 5.32. The molecule has 0 radical (unpaired) electrons. The number of hydrogen-bond acceptors (Lipinski definition) is 4. The van der Waals surface area contributed by atoms with Gasteiger partial charge in [-0.2, -0.15) is 0 Å². The van der Waals surface area contributed by atoms with Gasteiger partial charge in [-0.1, -0.05) is 41.9 Å². The number of halogens is 4. The van der Waals surface area contributed by atoms with E-state index in [1.807, 2.05) is 30.3 Å². The van der Waals surface area contributed by atoms with Gasteiger partial charge in [0.05, 0.1) is 22.6 Å². The normalized spacial score (nSPS) is 11.2. The number of alkyl halides is 3. The first-order valence-corrected chi connectivity index (χ1v) is 8.01. The molecule has 0 saturated heterocycles. The van der Waals surface area contributed by atoms with Crippen LogP contribution in [0.1, 0.15) is 15.9 Å². The molecule has 2 aromatic carbocycles. The Morgan fingerprint density at radius 3 is 2.42 bits per heavy atom. The van der Waals surface area contributed by atoms with E-state index in [4.69, 9.17) is 11.6 Å². The van der Waals surface area contributed by atoms with Gasteiger partial charge in [0.1, 0.15) is 5.75 Å². The van der Waals surface area contributed by atoms with E-state index in [0.717, 1.165) is 36.6 Å². The van der Waals surface area contributed by atoms with Crippen molar-refractivity contribution in [1.82, 2.24) is 0 Å². The van der Waals surface area contributed by atoms with E-state index < -0.39 is 18.1 Å². The van der Waals surface area contributed by atoms with Crippen LogP contribution < -0.4 is 4.74 Å². The molecule has 0 heterocycles. The first-order chi connectivity index (χ1) is 11.3. The Bertz CT molecular complexity index is 720. The Labute approximate surface area is 145 Å². The number of rotatable bonds is 5. The molecule has 3 nitrogen and oxygen atoms in total. The fraction of sp³-hybridized carbons (Fsp3) is 0.188. The van der Waals surface area contributed by atoms with Gasteiger partial charge in [0.25, 0.3) is 0 Å². The van der Waals surface area contributed by atoms with Gasteiger partial charge in [0, 0.05) is 5.75 Å². The Morgan fingerprint density at radius 1 is 1.17 bits per heavy atom. The third kappa shape index (κ3) is 4.82. The third-order valence-corrected chi connectivity index (χ3v) is 4.59. The Kier molecular flexibility index (Phi) is 6.01. The van der Waals surface area contributed by atoms with Crippen LogP contribution in [0.15, 0.2) is 47.4 Å². The van der Waals surface area contributed by atoms with E-state index in [-0.39, 0.29) is 15.5 Å². The molecule has 8 heteroatoms. The second kappa shape index (κ2) is 7.81. The highest BCUT2D eigenvalue weighted by Crippen LogP contribution is 2.41. The van der Waals surface area contributed by atoms with Gasteiger partial charge in [-0.15, -0.1) is 24.9 Å². The maximum Gasteiger partial charge on any atom is 0.573 e. The fourth-order valence-electron chi connectivity index (χ4n) is 1.88. The van der Waals surface area contributed by atoms with Gasteiger partial charge in [-0.25, -0.2) is 4.79 Å². The molecule has 0 aliphatic carbocycles. The van der Waals surface area contributed by atoms with Crippen LogP contribution in [-0.2, 0) is 10.5 Å². The number of esters is 1. The lowest BCUT2D eigenvalue weighted by Crippen LogP contribution is -2.18. The minimum atomic E-state index is -4.86. The van der Waals surface area contributed by atoms with Crippen LogP contribution in [0, 0.1) is 0 Å². The zero-order valence-corrected chi connectivity index (χ0v) is 14.0. The van der Waals surface area contributed by atoms with Gasteiger partial charge in [-0.3, -0.25) is 0 Å². The van der Waals surface area contributed by atoms with Crippen LogP contribution in [0.3, 0.4) is 0 Å². The molecular weight excluding hydrogens is 365 g/mol. The van der Waals surface area contributed by atoms with E-state index in [1.54, 1.807) is 0 Å². The molecule has 0 spiro atoms. The molecule has 128 valence electrons. The number of thioether (sulfide) groups is 1. The molecular formula is C16H12ClF3O3S. The highest BCUT2D eigenvalue weighted by atomic mass is 35.5. The number of hydrogen-bond donors (Lipinski definition) is 0. The number of carbonyl (C=O) groups is 1. The van der Waals surface area contributed by atoms with Crippen molar-refractivity contribution < 1.29 is 27.4 Å². The fourth-order valence-corrected chi connectivity index (χ4v) is 3.26. The van der Waals surface area contributed by atoms with Crippen LogP contribution in [0.25, 0.3) is 0 Å². The lowest BCUT2D eigenvalue weighted by Gasteiger charge is -2.16. The Morgan fingerprint density at radius 2 is 1.83 bits per heavy atom. The molecule has 0 N–H and O–H groups in total. The van der Waals surface area contributed by atoms with Gasteiger partial charge < -0.3 is 9.47 Å². The van der Waals surface area contributed by atoms with Crippen molar-refractivity contribution in [3.05, 3.63) is 58.6 Å². The summed E-state index contributed by atoms with van der Waals surface area (Å²) in [7, 11) is 1.16. The molecule has 0 amide bonds. The molecule has 0 bridgehead atoms. The maximum atomic E-state index is 12.6. The summed E-state index contributed by atoms with van der Waals surface area (Å²) in [6.45, 7) is 0. The summed E-state index contributed by atoms with van der Waals surface area (Å²) in [6, 6.07) is 11.3. The molecule has 24 heavy (non-hydrogen) atoms. The van der Waals surface area contributed by atoms with Crippen LogP contribution in [0.4, 0.5) is 13.2 Å². The molecule has 0 aromatic heterocycles. The summed E-state index contributed by atoms with van der Waals surface area (Å²) in [6.07, 6.45) is -4.86. The lowest BCUT2D eigenvalue weighted by molar-refractivity contribution is -0.275. The minimum absolute atomic E-state index is 0.0238. The second-order valence-corrected chi connectivity index (χ2v) is 5.93. The summed E-state index contributed by atoms with van der Waals surface area (Å²) in [5, 5.41) is -0.135. The van der Waals surface area contributed by atoms with Crippen molar-refractivity contribution in [2.45, 2.75) is 17.0 Å². The first-order valence-electron chi connectivity index (χ1n) is 6.65. The Balaban J connectivity index is 2.37. The lowest BCUT2D eigenvalue weighted by atomic mass is 10.2. The molecule has 0 aliphatic heterocycles. The van der Waals surface area contributed by atoms with Crippen molar-refractivity contribution in [3.63, 3.8) is 0 Å². The number of methoxy groups -OCH3 is 1. The molecule has 0 unspecified atom stereocenters. The van der Waals surface area contributed by atoms with Crippen LogP contribution >= 0.6 is 23.4 Å². The van der Waals surface area contributed by atoms with Gasteiger partial charge in [0.15, 0.2) is 0 Å². The van der Waals surface area contributed by atoms with E-state index in [2.05, 4.69) is 9.47 Å². The molecule has 2 rings (SSSR count). The molecule has 2 aromatic rings. The summed E-state index contributed by atoms with van der Waals surface area (Å²) in [5.74, 6) is -0.833. The summed E-state index contributed by atoms with van der Waals surface area (Å²) < 4.78 is 46.3. The van der Waals surface area contributed by atoms with Gasteiger partial charge in [-0.05, 0) is 17.7 Å². The minimum Gasteiger partial charge on any atom is -0.465 e. The summed E-state index contributed by atoms with van der Waals surface area (Å²) >= 11 is 7.16. The van der Waals surface area contributed by atoms with E-state index in [9.17, 15) is 18.0 Å². The molecule has 0 saturated carbocycles. The van der Waals surface area contributed by atoms with Crippen molar-refractivity contribution >= 4 is 29.3 Å². The quantitative estimate of drug-likeness (QED) is 0.522. The number of carbonyl (C=O) groups excluding carboxylic acids is 1. The van der Waals surface area contributed by atoms with Crippen molar-refractivity contribution in [2.75, 3.05) is 7.11 Å². The highest BCUT2D eigenvalue weighted by Gasteiger charge is 2.33.